The molecule has 1 aromatic heterocycles. The van der Waals surface area contributed by atoms with Crippen molar-refractivity contribution in [3.63, 3.8) is 0 Å². The van der Waals surface area contributed by atoms with Crippen LogP contribution in [0.4, 0.5) is 4.79 Å². The van der Waals surface area contributed by atoms with Gasteiger partial charge in [0.2, 0.25) is 6.79 Å². The van der Waals surface area contributed by atoms with E-state index < -0.39 is 66.2 Å². The third-order valence-corrected chi connectivity index (χ3v) is 8.00. The highest BCUT2D eigenvalue weighted by Gasteiger charge is 2.56. The van der Waals surface area contributed by atoms with Gasteiger partial charge in [0, 0.05) is 13.3 Å². The number of amidine groups is 1. The molecule has 0 spiro atoms. The zero-order chi connectivity index (χ0) is 33.4. The number of H-pyrrole nitrogens is 1. The number of aromatic nitrogens is 1. The summed E-state index contributed by atoms with van der Waals surface area (Å²) in [5.74, 6) is -1.70. The normalized spacial score (nSPS) is 24.8. The lowest BCUT2D eigenvalue weighted by Gasteiger charge is -2.27. The second kappa shape index (κ2) is 15.5. The predicted molar refractivity (Wildman–Crippen MR) is 160 cm³/mol. The van der Waals surface area contributed by atoms with E-state index in [4.69, 9.17) is 30.1 Å². The summed E-state index contributed by atoms with van der Waals surface area (Å²) in [5.41, 5.74) is 4.52. The SMILES string of the molecule is CC(=O)OCOC(=O)N/C(=N/C=N)c1ccc([C@]2(C)O[C@H](COC(=O)[C@@H](N)C(C)(C)C)[C@@H](OC(=O)CC3CCCCC3)[C@H]2O)[nH]1. The molecule has 0 unspecified atom stereocenters. The van der Waals surface area contributed by atoms with Crippen molar-refractivity contribution in [2.75, 3.05) is 13.4 Å². The fourth-order valence-electron chi connectivity index (χ4n) is 5.25. The second-order valence-corrected chi connectivity index (χ2v) is 12.5. The average molecular weight is 636 g/mol. The highest BCUT2D eigenvalue weighted by molar-refractivity contribution is 6.07. The summed E-state index contributed by atoms with van der Waals surface area (Å²) in [7, 11) is 0. The Morgan fingerprint density at radius 1 is 1.20 bits per heavy atom. The number of nitrogens with one attached hydrogen (secondary N) is 3. The number of amides is 1. The van der Waals surface area contributed by atoms with Gasteiger partial charge in [-0.25, -0.2) is 9.79 Å². The first-order chi connectivity index (χ1) is 21.1. The molecule has 1 saturated heterocycles. The molecule has 1 aromatic rings. The maximum Gasteiger partial charge on any atom is 0.415 e. The number of hydrogen-bond donors (Lipinski definition) is 5. The summed E-state index contributed by atoms with van der Waals surface area (Å²) < 4.78 is 26.9. The van der Waals surface area contributed by atoms with Crippen molar-refractivity contribution >= 4 is 36.2 Å². The molecule has 2 fully saturated rings. The molecule has 0 bridgehead atoms. The minimum atomic E-state index is -1.50. The molecule has 6 N–H and O–H groups in total. The van der Waals surface area contributed by atoms with E-state index in [9.17, 15) is 24.3 Å². The average Bonchev–Trinajstić information content (AvgIpc) is 3.56. The van der Waals surface area contributed by atoms with Crippen molar-refractivity contribution in [2.45, 2.75) is 103 Å². The zero-order valence-electron chi connectivity index (χ0n) is 26.4. The van der Waals surface area contributed by atoms with Crippen molar-refractivity contribution in [2.24, 2.45) is 22.1 Å². The molecular formula is C30H45N5O10. The van der Waals surface area contributed by atoms with Crippen molar-refractivity contribution in [3.8, 4) is 0 Å². The number of aliphatic hydroxyl groups excluding tert-OH is 1. The van der Waals surface area contributed by atoms with Crippen LogP contribution in [0.3, 0.4) is 0 Å². The van der Waals surface area contributed by atoms with Crippen LogP contribution in [-0.2, 0) is 43.7 Å². The Bertz CT molecular complexity index is 1250. The first-order valence-electron chi connectivity index (χ1n) is 15.0. The lowest BCUT2D eigenvalue weighted by atomic mass is 9.87. The lowest BCUT2D eigenvalue weighted by Crippen LogP contribution is -2.45. The van der Waals surface area contributed by atoms with Gasteiger partial charge in [0.05, 0.1) is 11.4 Å². The number of carbonyl (C=O) groups is 4. The second-order valence-electron chi connectivity index (χ2n) is 12.5. The van der Waals surface area contributed by atoms with Gasteiger partial charge in [0.25, 0.3) is 0 Å². The number of hydrogen-bond acceptors (Lipinski definition) is 12. The molecule has 2 aliphatic rings. The highest BCUT2D eigenvalue weighted by atomic mass is 16.7. The van der Waals surface area contributed by atoms with Gasteiger partial charge in [-0.2, -0.15) is 0 Å². The van der Waals surface area contributed by atoms with Gasteiger partial charge < -0.3 is 39.5 Å². The van der Waals surface area contributed by atoms with E-state index in [1.54, 1.807) is 33.8 Å². The molecule has 15 nitrogen and oxygen atoms in total. The van der Waals surface area contributed by atoms with Crippen LogP contribution in [0.15, 0.2) is 17.1 Å². The van der Waals surface area contributed by atoms with Gasteiger partial charge in [-0.3, -0.25) is 25.1 Å². The van der Waals surface area contributed by atoms with E-state index in [-0.39, 0.29) is 30.5 Å². The third kappa shape index (κ3) is 9.58. The maximum absolute atomic E-state index is 13.0. The molecule has 1 aliphatic carbocycles. The van der Waals surface area contributed by atoms with E-state index in [1.165, 1.54) is 6.07 Å². The van der Waals surface area contributed by atoms with Crippen LogP contribution in [0.5, 0.6) is 0 Å². The summed E-state index contributed by atoms with van der Waals surface area (Å²) in [6, 6.07) is 2.16. The van der Waals surface area contributed by atoms with Crippen molar-refractivity contribution in [1.29, 1.82) is 5.41 Å². The van der Waals surface area contributed by atoms with E-state index in [0.29, 0.717) is 12.0 Å². The maximum atomic E-state index is 13.0. The minimum Gasteiger partial charge on any atom is -0.462 e. The van der Waals surface area contributed by atoms with Gasteiger partial charge in [-0.1, -0.05) is 40.0 Å². The topological polar surface area (TPSA) is 225 Å². The van der Waals surface area contributed by atoms with Gasteiger partial charge in [-0.05, 0) is 43.2 Å². The lowest BCUT2D eigenvalue weighted by molar-refractivity contribution is -0.163. The number of aliphatic imine (C=N–C) groups is 1. The standard InChI is InChI=1S/C30H45N5O10/c1-17(36)42-16-43-28(40)35-26(33-15-31)19-11-12-21(34-19)30(5)25(38)23(44-22(37)13-18-9-7-6-8-10-18)20(45-30)14-41-27(39)24(32)29(2,3)4/h11-12,15,18,20,23-25,34,38H,6-10,13-14,16,32H2,1-5H3,(H2,31,33,35,40)/t20-,23-,24-,25-,30+/m1/s1. The summed E-state index contributed by atoms with van der Waals surface area (Å²) in [6.07, 6.45) is 1.38. The Balaban J connectivity index is 1.81. The van der Waals surface area contributed by atoms with Crippen LogP contribution in [0.1, 0.15) is 84.5 Å². The molecule has 1 amide bonds. The number of ether oxygens (including phenoxy) is 5. The van der Waals surface area contributed by atoms with Crippen LogP contribution in [0, 0.1) is 16.7 Å². The number of alkyl carbamates (subject to hydrolysis) is 1. The molecule has 1 aliphatic heterocycles. The predicted octanol–water partition coefficient (Wildman–Crippen LogP) is 2.39. The van der Waals surface area contributed by atoms with E-state index in [0.717, 1.165) is 39.0 Å². The van der Waals surface area contributed by atoms with Crippen molar-refractivity contribution < 1.29 is 48.0 Å². The quantitative estimate of drug-likeness (QED) is 0.0780. The molecule has 0 aromatic carbocycles. The number of carbonyl (C=O) groups excluding carboxylic acids is 4. The molecule has 15 heteroatoms. The summed E-state index contributed by atoms with van der Waals surface area (Å²) in [5, 5.41) is 21.3. The first kappa shape index (κ1) is 35.7. The number of aromatic amines is 1. The van der Waals surface area contributed by atoms with Gasteiger partial charge in [-0.15, -0.1) is 0 Å². The highest BCUT2D eigenvalue weighted by Crippen LogP contribution is 2.41. The molecule has 250 valence electrons. The van der Waals surface area contributed by atoms with Crippen LogP contribution in [0.2, 0.25) is 0 Å². The fraction of sp³-hybridized carbons (Fsp3) is 0.667. The van der Waals surface area contributed by atoms with Gasteiger partial charge in [0.15, 0.2) is 11.9 Å². The van der Waals surface area contributed by atoms with E-state index >= 15 is 0 Å². The summed E-state index contributed by atoms with van der Waals surface area (Å²) in [6.45, 7) is 7.17. The van der Waals surface area contributed by atoms with E-state index in [2.05, 4.69) is 20.0 Å². The number of nitrogens with zero attached hydrogens (tertiary/aromatic N) is 1. The van der Waals surface area contributed by atoms with Crippen LogP contribution >= 0.6 is 0 Å². The molecule has 3 rings (SSSR count). The van der Waals surface area contributed by atoms with Crippen molar-refractivity contribution in [3.05, 3.63) is 23.5 Å². The smallest absolute Gasteiger partial charge is 0.415 e. The minimum absolute atomic E-state index is 0.114. The largest absolute Gasteiger partial charge is 0.462 e. The van der Waals surface area contributed by atoms with Crippen LogP contribution in [-0.4, -0.2) is 84.0 Å². The monoisotopic (exact) mass is 635 g/mol. The molecule has 5 atom stereocenters. The Kier molecular flexibility index (Phi) is 12.2. The van der Waals surface area contributed by atoms with Crippen molar-refractivity contribution in [1.82, 2.24) is 10.3 Å². The molecule has 1 saturated carbocycles. The Hall–Kier alpha value is -3.82. The Morgan fingerprint density at radius 3 is 2.51 bits per heavy atom. The number of esters is 3. The molecule has 45 heavy (non-hydrogen) atoms. The summed E-state index contributed by atoms with van der Waals surface area (Å²) in [4.78, 5) is 55.7. The Morgan fingerprint density at radius 2 is 1.89 bits per heavy atom. The number of rotatable bonds is 11. The van der Waals surface area contributed by atoms with E-state index in [1.807, 2.05) is 0 Å². The van der Waals surface area contributed by atoms with Crippen LogP contribution < -0.4 is 11.1 Å². The number of nitrogens with two attached hydrogens (primary N) is 1. The van der Waals surface area contributed by atoms with Gasteiger partial charge >= 0.3 is 24.0 Å². The molecule has 2 heterocycles. The Labute approximate surface area is 262 Å². The summed E-state index contributed by atoms with van der Waals surface area (Å²) >= 11 is 0. The van der Waals surface area contributed by atoms with Crippen LogP contribution in [0.25, 0.3) is 0 Å². The fourth-order valence-corrected chi connectivity index (χ4v) is 5.25. The number of aliphatic hydroxyl groups is 1. The van der Waals surface area contributed by atoms with Gasteiger partial charge in [0.1, 0.15) is 36.8 Å². The first-order valence-corrected chi connectivity index (χ1v) is 15.0. The third-order valence-electron chi connectivity index (χ3n) is 8.00. The zero-order valence-corrected chi connectivity index (χ0v) is 26.4. The molecular weight excluding hydrogens is 590 g/mol. The molecule has 0 radical (unpaired) electrons.